The van der Waals surface area contributed by atoms with Crippen molar-refractivity contribution in [3.8, 4) is 5.75 Å². The third-order valence-corrected chi connectivity index (χ3v) is 5.20. The minimum absolute atomic E-state index is 0.183. The summed E-state index contributed by atoms with van der Waals surface area (Å²) in [5.41, 5.74) is 0.964. The zero-order valence-corrected chi connectivity index (χ0v) is 17.0. The van der Waals surface area contributed by atoms with Crippen LogP contribution in [0.4, 0.5) is 13.2 Å². The van der Waals surface area contributed by atoms with E-state index in [1.54, 1.807) is 41.3 Å². The maximum Gasteiger partial charge on any atom is 0.573 e. The molecule has 0 bridgehead atoms. The lowest BCUT2D eigenvalue weighted by molar-refractivity contribution is -0.274. The predicted octanol–water partition coefficient (Wildman–Crippen LogP) is 2.03. The first-order valence-electron chi connectivity index (χ1n) is 9.96. The van der Waals surface area contributed by atoms with Crippen molar-refractivity contribution < 1.29 is 22.7 Å². The van der Waals surface area contributed by atoms with Crippen LogP contribution in [-0.4, -0.2) is 63.2 Å². The molecule has 168 valence electrons. The Morgan fingerprint density at radius 3 is 2.38 bits per heavy atom. The molecule has 2 heterocycles. The quantitative estimate of drug-likeness (QED) is 0.596. The number of rotatable bonds is 5. The van der Waals surface area contributed by atoms with E-state index in [2.05, 4.69) is 19.9 Å². The molecule has 1 amide bonds. The number of ether oxygens (including phenoxy) is 1. The van der Waals surface area contributed by atoms with Crippen LogP contribution in [0.1, 0.15) is 5.56 Å². The highest BCUT2D eigenvalue weighted by molar-refractivity contribution is 5.78. The number of hydrogen-bond acceptors (Lipinski definition) is 6. The van der Waals surface area contributed by atoms with E-state index in [1.807, 2.05) is 0 Å². The number of alkyl halides is 3. The summed E-state index contributed by atoms with van der Waals surface area (Å²) in [6.07, 6.45) is -4.71. The van der Waals surface area contributed by atoms with Gasteiger partial charge in [-0.3, -0.25) is 14.5 Å². The number of nitrogens with zero attached hydrogens (tertiary/aromatic N) is 5. The van der Waals surface area contributed by atoms with Crippen molar-refractivity contribution in [2.75, 3.05) is 26.2 Å². The van der Waals surface area contributed by atoms with Crippen LogP contribution in [0.2, 0.25) is 0 Å². The van der Waals surface area contributed by atoms with Crippen LogP contribution in [0, 0.1) is 0 Å². The van der Waals surface area contributed by atoms with Crippen LogP contribution in [0.15, 0.2) is 53.3 Å². The average Bonchev–Trinajstić information content (AvgIpc) is 2.77. The molecule has 1 aliphatic heterocycles. The Bertz CT molecular complexity index is 1160. The van der Waals surface area contributed by atoms with Gasteiger partial charge < -0.3 is 9.64 Å². The summed E-state index contributed by atoms with van der Waals surface area (Å²) in [7, 11) is 0. The zero-order valence-electron chi connectivity index (χ0n) is 17.0. The summed E-state index contributed by atoms with van der Waals surface area (Å²) in [4.78, 5) is 28.9. The number of piperazine rings is 1. The van der Waals surface area contributed by atoms with Crippen molar-refractivity contribution in [1.82, 2.24) is 24.8 Å². The summed E-state index contributed by atoms with van der Waals surface area (Å²) < 4.78 is 41.7. The molecule has 0 radical (unpaired) electrons. The van der Waals surface area contributed by atoms with Gasteiger partial charge in [0.05, 0.1) is 5.39 Å². The third-order valence-electron chi connectivity index (χ3n) is 5.20. The molecule has 1 saturated heterocycles. The number of carbonyl (C=O) groups is 1. The Morgan fingerprint density at radius 2 is 1.69 bits per heavy atom. The van der Waals surface area contributed by atoms with E-state index in [9.17, 15) is 22.8 Å². The maximum atomic E-state index is 12.6. The second kappa shape index (κ2) is 8.95. The number of halogens is 3. The fourth-order valence-corrected chi connectivity index (χ4v) is 3.57. The Kier molecular flexibility index (Phi) is 6.08. The van der Waals surface area contributed by atoms with E-state index in [-0.39, 0.29) is 23.8 Å². The molecule has 4 rings (SSSR count). The van der Waals surface area contributed by atoms with Gasteiger partial charge in [0, 0.05) is 32.7 Å². The number of carbonyl (C=O) groups excluding carboxylic acids is 1. The second-order valence-electron chi connectivity index (χ2n) is 7.42. The molecule has 1 fully saturated rings. The van der Waals surface area contributed by atoms with Gasteiger partial charge in [0.1, 0.15) is 17.8 Å². The average molecular weight is 447 g/mol. The van der Waals surface area contributed by atoms with Gasteiger partial charge in [-0.25, -0.2) is 4.68 Å². The largest absolute Gasteiger partial charge is 0.573 e. The summed E-state index contributed by atoms with van der Waals surface area (Å²) in [5.74, 6) is -0.478. The molecule has 0 atom stereocenters. The Labute approximate surface area is 180 Å². The van der Waals surface area contributed by atoms with Crippen molar-refractivity contribution in [3.63, 3.8) is 0 Å². The second-order valence-corrected chi connectivity index (χ2v) is 7.42. The minimum Gasteiger partial charge on any atom is -0.406 e. The molecule has 0 N–H and O–H groups in total. The molecule has 0 aliphatic carbocycles. The molecule has 1 aliphatic rings. The fourth-order valence-electron chi connectivity index (χ4n) is 3.57. The van der Waals surface area contributed by atoms with Gasteiger partial charge in [-0.1, -0.05) is 29.5 Å². The lowest BCUT2D eigenvalue weighted by Crippen LogP contribution is -2.49. The van der Waals surface area contributed by atoms with E-state index in [4.69, 9.17) is 0 Å². The van der Waals surface area contributed by atoms with Gasteiger partial charge in [0.25, 0.3) is 5.56 Å². The van der Waals surface area contributed by atoms with Crippen molar-refractivity contribution in [2.24, 2.45) is 0 Å². The first-order chi connectivity index (χ1) is 15.3. The fraction of sp³-hybridized carbons (Fsp3) is 0.333. The molecule has 0 spiro atoms. The summed E-state index contributed by atoms with van der Waals surface area (Å²) in [6.45, 7) is 2.52. The van der Waals surface area contributed by atoms with Crippen LogP contribution in [0.5, 0.6) is 5.75 Å². The number of hydrogen-bond donors (Lipinski definition) is 0. The predicted molar refractivity (Wildman–Crippen MR) is 109 cm³/mol. The first kappa shape index (κ1) is 21.8. The van der Waals surface area contributed by atoms with E-state index in [0.717, 1.165) is 10.2 Å². The molecule has 32 heavy (non-hydrogen) atoms. The van der Waals surface area contributed by atoms with Gasteiger partial charge in [-0.2, -0.15) is 0 Å². The summed E-state index contributed by atoms with van der Waals surface area (Å²) in [5, 5.41) is 8.25. The Morgan fingerprint density at radius 1 is 1.00 bits per heavy atom. The van der Waals surface area contributed by atoms with Gasteiger partial charge in [-0.15, -0.1) is 18.3 Å². The lowest BCUT2D eigenvalue weighted by Gasteiger charge is -2.34. The summed E-state index contributed by atoms with van der Waals surface area (Å²) in [6, 6.07) is 12.6. The molecule has 3 aromatic rings. The van der Waals surface area contributed by atoms with Gasteiger partial charge in [0.2, 0.25) is 5.91 Å². The molecule has 2 aromatic carbocycles. The van der Waals surface area contributed by atoms with E-state index < -0.39 is 6.36 Å². The normalized spacial score (nSPS) is 15.2. The van der Waals surface area contributed by atoms with E-state index in [1.165, 1.54) is 12.1 Å². The van der Waals surface area contributed by atoms with Crippen LogP contribution in [-0.2, 0) is 17.9 Å². The first-order valence-corrected chi connectivity index (χ1v) is 9.96. The van der Waals surface area contributed by atoms with Crippen LogP contribution in [0.3, 0.4) is 0 Å². The van der Waals surface area contributed by atoms with Crippen molar-refractivity contribution in [1.29, 1.82) is 0 Å². The number of aromatic nitrogens is 3. The van der Waals surface area contributed by atoms with Crippen molar-refractivity contribution >= 4 is 16.8 Å². The lowest BCUT2D eigenvalue weighted by atomic mass is 10.2. The molecule has 0 saturated carbocycles. The molecule has 0 unspecified atom stereocenters. The van der Waals surface area contributed by atoms with Gasteiger partial charge >= 0.3 is 6.36 Å². The number of amides is 1. The van der Waals surface area contributed by atoms with Crippen LogP contribution >= 0.6 is 0 Å². The molecular weight excluding hydrogens is 427 g/mol. The number of fused-ring (bicyclic) bond motifs is 1. The highest BCUT2D eigenvalue weighted by atomic mass is 19.4. The minimum atomic E-state index is -4.71. The van der Waals surface area contributed by atoms with E-state index >= 15 is 0 Å². The van der Waals surface area contributed by atoms with E-state index in [0.29, 0.717) is 43.6 Å². The maximum absolute atomic E-state index is 12.6. The third kappa shape index (κ3) is 5.22. The molecular formula is C21H20F3N5O3. The highest BCUT2D eigenvalue weighted by Crippen LogP contribution is 2.23. The van der Waals surface area contributed by atoms with Crippen LogP contribution < -0.4 is 10.3 Å². The molecule has 1 aromatic heterocycles. The standard InChI is InChI=1S/C21H20F3N5O3/c22-21(23,24)32-16-7-5-15(6-8-16)13-27-9-11-28(12-10-27)19(30)14-29-20(31)17-3-1-2-4-18(17)25-26-29/h1-8H,9-14H2. The number of benzene rings is 2. The molecule has 11 heteroatoms. The Balaban J connectivity index is 1.30. The molecule has 8 nitrogen and oxygen atoms in total. The Hall–Kier alpha value is -3.47. The summed E-state index contributed by atoms with van der Waals surface area (Å²) >= 11 is 0. The monoisotopic (exact) mass is 447 g/mol. The van der Waals surface area contributed by atoms with Crippen molar-refractivity contribution in [2.45, 2.75) is 19.5 Å². The van der Waals surface area contributed by atoms with Crippen molar-refractivity contribution in [3.05, 3.63) is 64.4 Å². The SMILES string of the molecule is O=C(Cn1nnc2ccccc2c1=O)N1CCN(Cc2ccc(OC(F)(F)F)cc2)CC1. The van der Waals surface area contributed by atoms with Gasteiger partial charge in [-0.05, 0) is 29.8 Å². The highest BCUT2D eigenvalue weighted by Gasteiger charge is 2.31. The van der Waals surface area contributed by atoms with Crippen LogP contribution in [0.25, 0.3) is 10.9 Å². The smallest absolute Gasteiger partial charge is 0.406 e. The van der Waals surface area contributed by atoms with Gasteiger partial charge in [0.15, 0.2) is 0 Å². The zero-order chi connectivity index (χ0) is 22.7. The topological polar surface area (TPSA) is 80.6 Å².